The molecule has 1 aliphatic rings. The summed E-state index contributed by atoms with van der Waals surface area (Å²) >= 11 is 0. The lowest BCUT2D eigenvalue weighted by atomic mass is 10.2. The van der Waals surface area contributed by atoms with E-state index in [1.54, 1.807) is 18.3 Å². The van der Waals surface area contributed by atoms with Crippen molar-refractivity contribution >= 4 is 23.0 Å². The first kappa shape index (κ1) is 14.7. The van der Waals surface area contributed by atoms with Gasteiger partial charge in [0.15, 0.2) is 0 Å². The maximum atomic E-state index is 12.6. The second-order valence-electron chi connectivity index (χ2n) is 6.08. The molecule has 0 bridgehead atoms. The Labute approximate surface area is 140 Å². The van der Waals surface area contributed by atoms with Crippen LogP contribution in [0.15, 0.2) is 65.4 Å². The highest BCUT2D eigenvalue weighted by atomic mass is 16.3. The Kier molecular flexibility index (Phi) is 3.87. The van der Waals surface area contributed by atoms with Crippen LogP contribution >= 0.6 is 0 Å². The molecule has 4 rings (SSSR count). The summed E-state index contributed by atoms with van der Waals surface area (Å²) in [5, 5.41) is 1.04. The maximum Gasteiger partial charge on any atom is 0.247 e. The van der Waals surface area contributed by atoms with E-state index in [4.69, 9.17) is 4.42 Å². The van der Waals surface area contributed by atoms with Crippen LogP contribution in [-0.2, 0) is 11.3 Å². The van der Waals surface area contributed by atoms with E-state index in [1.165, 1.54) is 0 Å². The highest BCUT2D eigenvalue weighted by molar-refractivity contribution is 5.92. The van der Waals surface area contributed by atoms with Gasteiger partial charge in [-0.2, -0.15) is 0 Å². The first-order chi connectivity index (χ1) is 11.8. The number of nitrogens with zero attached hydrogens (tertiary/aromatic N) is 2. The third-order valence-electron chi connectivity index (χ3n) is 4.18. The summed E-state index contributed by atoms with van der Waals surface area (Å²) in [7, 11) is 0. The molecule has 1 amide bonds. The minimum atomic E-state index is 0.0156. The summed E-state index contributed by atoms with van der Waals surface area (Å²) in [5.74, 6) is 0.712. The largest absolute Gasteiger partial charge is 0.457 e. The van der Waals surface area contributed by atoms with Crippen molar-refractivity contribution in [2.75, 3.05) is 0 Å². The van der Waals surface area contributed by atoms with Gasteiger partial charge in [-0.3, -0.25) is 9.78 Å². The smallest absolute Gasteiger partial charge is 0.247 e. The van der Waals surface area contributed by atoms with Crippen molar-refractivity contribution < 1.29 is 9.21 Å². The molecule has 2 aromatic heterocycles. The Hall–Kier alpha value is -2.88. The van der Waals surface area contributed by atoms with E-state index < -0.39 is 0 Å². The van der Waals surface area contributed by atoms with Crippen LogP contribution in [0.5, 0.6) is 0 Å². The van der Waals surface area contributed by atoms with E-state index in [1.807, 2.05) is 53.6 Å². The molecule has 4 heteroatoms. The molecule has 120 valence electrons. The third-order valence-corrected chi connectivity index (χ3v) is 4.18. The van der Waals surface area contributed by atoms with Gasteiger partial charge in [-0.1, -0.05) is 24.3 Å². The van der Waals surface area contributed by atoms with Gasteiger partial charge >= 0.3 is 0 Å². The number of benzene rings is 1. The van der Waals surface area contributed by atoms with Crippen LogP contribution in [-0.4, -0.2) is 21.8 Å². The van der Waals surface area contributed by atoms with Crippen molar-refractivity contribution in [2.45, 2.75) is 25.4 Å². The molecule has 0 aliphatic heterocycles. The molecule has 0 unspecified atom stereocenters. The number of hydrogen-bond acceptors (Lipinski definition) is 3. The summed E-state index contributed by atoms with van der Waals surface area (Å²) in [6, 6.07) is 14.0. The van der Waals surface area contributed by atoms with Crippen LogP contribution in [0.1, 0.15) is 24.2 Å². The summed E-state index contributed by atoms with van der Waals surface area (Å²) < 4.78 is 5.73. The number of aromatic nitrogens is 1. The summed E-state index contributed by atoms with van der Waals surface area (Å²) in [4.78, 5) is 18.6. The number of pyridine rings is 1. The molecule has 0 spiro atoms. The predicted octanol–water partition coefficient (Wildman–Crippen LogP) is 4.03. The Morgan fingerprint density at radius 1 is 1.25 bits per heavy atom. The van der Waals surface area contributed by atoms with Gasteiger partial charge in [-0.05, 0) is 42.7 Å². The molecule has 24 heavy (non-hydrogen) atoms. The predicted molar refractivity (Wildman–Crippen MR) is 93.1 cm³/mol. The van der Waals surface area contributed by atoms with Crippen LogP contribution in [0.4, 0.5) is 0 Å². The zero-order valence-electron chi connectivity index (χ0n) is 13.3. The molecule has 1 fully saturated rings. The highest BCUT2D eigenvalue weighted by Crippen LogP contribution is 2.29. The fourth-order valence-corrected chi connectivity index (χ4v) is 2.80. The van der Waals surface area contributed by atoms with Gasteiger partial charge in [0.1, 0.15) is 11.3 Å². The molecular weight excluding hydrogens is 300 g/mol. The quantitative estimate of drug-likeness (QED) is 0.667. The van der Waals surface area contributed by atoms with Crippen molar-refractivity contribution in [1.82, 2.24) is 9.88 Å². The van der Waals surface area contributed by atoms with E-state index in [-0.39, 0.29) is 5.91 Å². The molecular formula is C20H18N2O2. The number of fused-ring (bicyclic) bond motifs is 1. The second kappa shape index (κ2) is 6.32. The first-order valence-corrected chi connectivity index (χ1v) is 8.16. The van der Waals surface area contributed by atoms with E-state index in [0.29, 0.717) is 18.3 Å². The second-order valence-corrected chi connectivity index (χ2v) is 6.08. The lowest BCUT2D eigenvalue weighted by Gasteiger charge is -2.20. The maximum absolute atomic E-state index is 12.6. The molecule has 0 radical (unpaired) electrons. The number of carbonyl (C=O) groups excluding carboxylic acids is 1. The number of amides is 1. The average molecular weight is 318 g/mol. The molecule has 1 aliphatic carbocycles. The Balaban J connectivity index is 1.50. The Bertz CT molecular complexity index is 846. The van der Waals surface area contributed by atoms with Gasteiger partial charge in [0.25, 0.3) is 0 Å². The van der Waals surface area contributed by atoms with Gasteiger partial charge in [-0.15, -0.1) is 0 Å². The zero-order valence-corrected chi connectivity index (χ0v) is 13.3. The lowest BCUT2D eigenvalue weighted by Crippen LogP contribution is -2.31. The van der Waals surface area contributed by atoms with Crippen LogP contribution < -0.4 is 0 Å². The summed E-state index contributed by atoms with van der Waals surface area (Å²) in [6.07, 6.45) is 9.06. The Morgan fingerprint density at radius 3 is 2.88 bits per heavy atom. The van der Waals surface area contributed by atoms with Crippen LogP contribution in [0, 0.1) is 0 Å². The standard InChI is InChI=1S/C20H18N2O2/c23-20(10-9-18-12-16-5-1-2-6-19(16)24-18)22(17-7-8-17)14-15-4-3-11-21-13-15/h1-6,9-13,17H,7-8,14H2. The zero-order chi connectivity index (χ0) is 16.4. The highest BCUT2D eigenvalue weighted by Gasteiger charge is 2.31. The van der Waals surface area contributed by atoms with Crippen LogP contribution in [0.25, 0.3) is 17.0 Å². The fourth-order valence-electron chi connectivity index (χ4n) is 2.80. The van der Waals surface area contributed by atoms with Gasteiger partial charge in [-0.25, -0.2) is 0 Å². The molecule has 2 heterocycles. The average Bonchev–Trinajstić information content (AvgIpc) is 3.37. The molecule has 0 atom stereocenters. The molecule has 0 saturated heterocycles. The number of furan rings is 1. The Morgan fingerprint density at radius 2 is 2.12 bits per heavy atom. The third kappa shape index (κ3) is 3.23. The van der Waals surface area contributed by atoms with E-state index in [0.717, 1.165) is 29.4 Å². The minimum Gasteiger partial charge on any atom is -0.457 e. The van der Waals surface area contributed by atoms with E-state index in [2.05, 4.69) is 4.98 Å². The van der Waals surface area contributed by atoms with Crippen LogP contribution in [0.2, 0.25) is 0 Å². The van der Waals surface area contributed by atoms with Gasteiger partial charge in [0.2, 0.25) is 5.91 Å². The van der Waals surface area contributed by atoms with Gasteiger partial charge in [0, 0.05) is 36.4 Å². The molecule has 1 saturated carbocycles. The van der Waals surface area contributed by atoms with Crippen LogP contribution in [0.3, 0.4) is 0 Å². The molecule has 0 N–H and O–H groups in total. The lowest BCUT2D eigenvalue weighted by molar-refractivity contribution is -0.127. The van der Waals surface area contributed by atoms with Crippen molar-refractivity contribution in [3.8, 4) is 0 Å². The van der Waals surface area contributed by atoms with Gasteiger partial charge < -0.3 is 9.32 Å². The minimum absolute atomic E-state index is 0.0156. The summed E-state index contributed by atoms with van der Waals surface area (Å²) in [5.41, 5.74) is 1.88. The fraction of sp³-hybridized carbons (Fsp3) is 0.200. The summed E-state index contributed by atoms with van der Waals surface area (Å²) in [6.45, 7) is 0.599. The topological polar surface area (TPSA) is 46.3 Å². The molecule has 3 aromatic rings. The van der Waals surface area contributed by atoms with Gasteiger partial charge in [0.05, 0.1) is 0 Å². The van der Waals surface area contributed by atoms with Crippen molar-refractivity contribution in [1.29, 1.82) is 0 Å². The molecule has 1 aromatic carbocycles. The number of rotatable bonds is 5. The van der Waals surface area contributed by atoms with Crippen molar-refractivity contribution in [3.05, 3.63) is 72.3 Å². The van der Waals surface area contributed by atoms with Crippen molar-refractivity contribution in [3.63, 3.8) is 0 Å². The number of para-hydroxylation sites is 1. The SMILES string of the molecule is O=C(C=Cc1cc2ccccc2o1)N(Cc1cccnc1)C1CC1. The first-order valence-electron chi connectivity index (χ1n) is 8.16. The monoisotopic (exact) mass is 318 g/mol. The van der Waals surface area contributed by atoms with E-state index >= 15 is 0 Å². The van der Waals surface area contributed by atoms with E-state index in [9.17, 15) is 4.79 Å². The molecule has 4 nitrogen and oxygen atoms in total. The number of hydrogen-bond donors (Lipinski definition) is 0. The number of carbonyl (C=O) groups is 1. The van der Waals surface area contributed by atoms with Crippen molar-refractivity contribution in [2.24, 2.45) is 0 Å². The normalized spacial score (nSPS) is 14.3.